The molecule has 5 nitrogen and oxygen atoms in total. The molecule has 0 unspecified atom stereocenters. The molecule has 0 bridgehead atoms. The zero-order chi connectivity index (χ0) is 17.3. The van der Waals surface area contributed by atoms with Gasteiger partial charge in [-0.25, -0.2) is 0 Å². The predicted octanol–water partition coefficient (Wildman–Crippen LogP) is 3.98. The highest BCUT2D eigenvalue weighted by Crippen LogP contribution is 2.21. The van der Waals surface area contributed by atoms with Crippen LogP contribution in [-0.4, -0.2) is 15.5 Å². The molecule has 0 saturated carbocycles. The van der Waals surface area contributed by atoms with E-state index in [1.165, 1.54) is 15.9 Å². The van der Waals surface area contributed by atoms with E-state index in [9.17, 15) is 9.59 Å². The first-order valence-corrected chi connectivity index (χ1v) is 8.89. The summed E-state index contributed by atoms with van der Waals surface area (Å²) in [5, 5.41) is 3.87. The van der Waals surface area contributed by atoms with Crippen LogP contribution in [0.3, 0.4) is 0 Å². The van der Waals surface area contributed by atoms with Crippen LogP contribution in [0, 0.1) is 4.77 Å². The fourth-order valence-corrected chi connectivity index (χ4v) is 3.72. The lowest BCUT2D eigenvalue weighted by Gasteiger charge is -2.08. The second-order valence-corrected chi connectivity index (χ2v) is 7.15. The number of thiophene rings is 1. The molecule has 2 heterocycles. The minimum atomic E-state index is -0.329. The van der Waals surface area contributed by atoms with E-state index >= 15 is 0 Å². The third-order valence-corrected chi connectivity index (χ3v) is 5.27. The van der Waals surface area contributed by atoms with Crippen LogP contribution in [0.25, 0.3) is 10.2 Å². The molecule has 1 amide bonds. The molecule has 0 aliphatic rings. The van der Waals surface area contributed by atoms with Crippen molar-refractivity contribution < 1.29 is 4.79 Å². The minimum absolute atomic E-state index is 0.149. The predicted molar refractivity (Wildman–Crippen MR) is 101 cm³/mol. The van der Waals surface area contributed by atoms with Crippen LogP contribution in [0.1, 0.15) is 11.8 Å². The van der Waals surface area contributed by atoms with Crippen molar-refractivity contribution in [2.24, 2.45) is 0 Å². The fourth-order valence-electron chi connectivity index (χ4n) is 2.29. The minimum Gasteiger partial charge on any atom is -0.325 e. The number of aromatic amines is 1. The Morgan fingerprint density at radius 1 is 1.38 bits per heavy atom. The van der Waals surface area contributed by atoms with Gasteiger partial charge in [0.1, 0.15) is 11.4 Å². The Morgan fingerprint density at radius 2 is 2.08 bits per heavy atom. The van der Waals surface area contributed by atoms with E-state index in [0.29, 0.717) is 16.1 Å². The van der Waals surface area contributed by atoms with Crippen molar-refractivity contribution in [2.75, 3.05) is 5.32 Å². The van der Waals surface area contributed by atoms with Gasteiger partial charge < -0.3 is 10.3 Å². The zero-order valence-electron chi connectivity index (χ0n) is 12.8. The molecule has 0 aliphatic heterocycles. The second kappa shape index (κ2) is 6.88. The Morgan fingerprint density at radius 3 is 2.75 bits per heavy atom. The fraction of sp³-hybridized carbons (Fsp3) is 0.188. The Bertz CT molecular complexity index is 1020. The standard InChI is InChI=1S/C16H14ClN3O2S2/c1-2-11-7-12-14(24-11)19-16(23)20(15(12)22)8-13(21)18-10-5-3-9(17)4-6-10/h3-7H,2,8H2,1H3,(H,18,21)(H,19,23). The molecule has 0 spiro atoms. The summed E-state index contributed by atoms with van der Waals surface area (Å²) in [5.41, 5.74) is 0.355. The van der Waals surface area contributed by atoms with E-state index in [4.69, 9.17) is 23.8 Å². The van der Waals surface area contributed by atoms with E-state index in [0.717, 1.165) is 16.1 Å². The average Bonchev–Trinajstić information content (AvgIpc) is 2.97. The number of aromatic nitrogens is 2. The van der Waals surface area contributed by atoms with Gasteiger partial charge in [-0.15, -0.1) is 11.3 Å². The molecule has 0 atom stereocenters. The van der Waals surface area contributed by atoms with E-state index in [2.05, 4.69) is 10.3 Å². The summed E-state index contributed by atoms with van der Waals surface area (Å²) in [6.45, 7) is 1.88. The average molecular weight is 380 g/mol. The van der Waals surface area contributed by atoms with Crippen molar-refractivity contribution in [2.45, 2.75) is 19.9 Å². The van der Waals surface area contributed by atoms with Crippen LogP contribution < -0.4 is 10.9 Å². The summed E-state index contributed by atoms with van der Waals surface area (Å²) in [4.78, 5) is 29.7. The smallest absolute Gasteiger partial charge is 0.263 e. The SMILES string of the molecule is CCc1cc2c(=O)n(CC(=O)Nc3ccc(Cl)cc3)c(=S)[nH]c2s1. The number of carbonyl (C=O) groups excluding carboxylic acids is 1. The van der Waals surface area contributed by atoms with E-state index < -0.39 is 0 Å². The van der Waals surface area contributed by atoms with Crippen LogP contribution >= 0.6 is 35.2 Å². The van der Waals surface area contributed by atoms with Crippen LogP contribution in [0.5, 0.6) is 0 Å². The Labute approximate surface area is 151 Å². The highest BCUT2D eigenvalue weighted by Gasteiger charge is 2.12. The monoisotopic (exact) mass is 379 g/mol. The number of rotatable bonds is 4. The number of amides is 1. The first-order valence-electron chi connectivity index (χ1n) is 7.29. The number of benzene rings is 1. The molecule has 2 N–H and O–H groups in total. The summed E-state index contributed by atoms with van der Waals surface area (Å²) in [5.74, 6) is -0.329. The van der Waals surface area contributed by atoms with Crippen molar-refractivity contribution in [3.63, 3.8) is 0 Å². The van der Waals surface area contributed by atoms with Gasteiger partial charge in [0.2, 0.25) is 5.91 Å². The van der Waals surface area contributed by atoms with Gasteiger partial charge in [0, 0.05) is 15.6 Å². The maximum absolute atomic E-state index is 12.6. The topological polar surface area (TPSA) is 66.9 Å². The molecule has 1 aromatic carbocycles. The summed E-state index contributed by atoms with van der Waals surface area (Å²) in [7, 11) is 0. The van der Waals surface area contributed by atoms with Crippen molar-refractivity contribution in [3.05, 3.63) is 55.4 Å². The van der Waals surface area contributed by atoms with Crippen molar-refractivity contribution in [1.82, 2.24) is 9.55 Å². The van der Waals surface area contributed by atoms with Gasteiger partial charge >= 0.3 is 0 Å². The van der Waals surface area contributed by atoms with Gasteiger partial charge in [-0.2, -0.15) is 0 Å². The van der Waals surface area contributed by atoms with E-state index in [1.807, 2.05) is 13.0 Å². The van der Waals surface area contributed by atoms with Crippen LogP contribution in [0.15, 0.2) is 35.1 Å². The Kier molecular flexibility index (Phi) is 4.84. The molecule has 0 fully saturated rings. The molecule has 0 aliphatic carbocycles. The molecule has 2 aromatic heterocycles. The van der Waals surface area contributed by atoms with E-state index in [-0.39, 0.29) is 22.8 Å². The van der Waals surface area contributed by atoms with Crippen LogP contribution in [-0.2, 0) is 17.8 Å². The number of carbonyl (C=O) groups is 1. The molecule has 0 saturated heterocycles. The van der Waals surface area contributed by atoms with Crippen molar-refractivity contribution >= 4 is 57.0 Å². The highest BCUT2D eigenvalue weighted by molar-refractivity contribution is 7.71. The number of nitrogens with zero attached hydrogens (tertiary/aromatic N) is 1. The lowest BCUT2D eigenvalue weighted by Crippen LogP contribution is -2.28. The van der Waals surface area contributed by atoms with Crippen LogP contribution in [0.4, 0.5) is 5.69 Å². The Hall–Kier alpha value is -1.96. The summed E-state index contributed by atoms with van der Waals surface area (Å²) < 4.78 is 1.51. The summed E-state index contributed by atoms with van der Waals surface area (Å²) >= 11 is 12.6. The van der Waals surface area contributed by atoms with Gasteiger partial charge in [-0.05, 0) is 49.0 Å². The maximum Gasteiger partial charge on any atom is 0.263 e. The zero-order valence-corrected chi connectivity index (χ0v) is 15.1. The second-order valence-electron chi connectivity index (χ2n) is 5.19. The van der Waals surface area contributed by atoms with Crippen molar-refractivity contribution in [1.29, 1.82) is 0 Å². The summed E-state index contributed by atoms with van der Waals surface area (Å²) in [6.07, 6.45) is 0.844. The number of fused-ring (bicyclic) bond motifs is 1. The molecule has 124 valence electrons. The molecule has 3 aromatic rings. The third-order valence-electron chi connectivity index (χ3n) is 3.50. The lowest BCUT2D eigenvalue weighted by atomic mass is 10.3. The highest BCUT2D eigenvalue weighted by atomic mass is 35.5. The molecular formula is C16H14ClN3O2S2. The van der Waals surface area contributed by atoms with Gasteiger partial charge in [-0.3, -0.25) is 14.2 Å². The first-order chi connectivity index (χ1) is 11.5. The molecular weight excluding hydrogens is 366 g/mol. The Balaban J connectivity index is 1.89. The van der Waals surface area contributed by atoms with Gasteiger partial charge in [0.05, 0.1) is 5.39 Å². The van der Waals surface area contributed by atoms with E-state index in [1.54, 1.807) is 24.3 Å². The molecule has 8 heteroatoms. The number of anilines is 1. The number of hydrogen-bond donors (Lipinski definition) is 2. The lowest BCUT2D eigenvalue weighted by molar-refractivity contribution is -0.116. The normalized spacial score (nSPS) is 10.9. The van der Waals surface area contributed by atoms with Crippen LogP contribution in [0.2, 0.25) is 5.02 Å². The number of aryl methyl sites for hydroxylation is 1. The van der Waals surface area contributed by atoms with Gasteiger partial charge in [0.25, 0.3) is 5.56 Å². The number of halogens is 1. The third kappa shape index (κ3) is 3.43. The molecule has 24 heavy (non-hydrogen) atoms. The quantitative estimate of drug-likeness (QED) is 0.674. The largest absolute Gasteiger partial charge is 0.325 e. The number of hydrogen-bond acceptors (Lipinski definition) is 4. The number of nitrogens with one attached hydrogen (secondary N) is 2. The van der Waals surface area contributed by atoms with Gasteiger partial charge in [0.15, 0.2) is 4.77 Å². The molecule has 3 rings (SSSR count). The molecule has 0 radical (unpaired) electrons. The number of H-pyrrole nitrogens is 1. The maximum atomic E-state index is 12.6. The van der Waals surface area contributed by atoms with Gasteiger partial charge in [-0.1, -0.05) is 18.5 Å². The van der Waals surface area contributed by atoms with Crippen molar-refractivity contribution in [3.8, 4) is 0 Å². The summed E-state index contributed by atoms with van der Waals surface area (Å²) in [6, 6.07) is 8.60. The first kappa shape index (κ1) is 16.9.